The van der Waals surface area contributed by atoms with Gasteiger partial charge in [-0.25, -0.2) is 8.42 Å². The summed E-state index contributed by atoms with van der Waals surface area (Å²) in [7, 11) is -3.60. The van der Waals surface area contributed by atoms with E-state index in [1.54, 1.807) is 0 Å². The first kappa shape index (κ1) is 18.6. The quantitative estimate of drug-likeness (QED) is 0.587. The van der Waals surface area contributed by atoms with E-state index in [1.807, 2.05) is 0 Å². The van der Waals surface area contributed by atoms with Crippen molar-refractivity contribution in [2.45, 2.75) is 42.4 Å². The van der Waals surface area contributed by atoms with Gasteiger partial charge < -0.3 is 15.2 Å². The van der Waals surface area contributed by atoms with E-state index in [9.17, 15) is 23.6 Å². The van der Waals surface area contributed by atoms with Crippen LogP contribution in [0.25, 0.3) is 0 Å². The molecule has 0 aromatic heterocycles. The topological polar surface area (TPSA) is 119 Å². The van der Waals surface area contributed by atoms with Crippen molar-refractivity contribution in [1.29, 1.82) is 0 Å². The van der Waals surface area contributed by atoms with Gasteiger partial charge in [-0.2, -0.15) is 0 Å². The molecule has 1 fully saturated rings. The summed E-state index contributed by atoms with van der Waals surface area (Å²) in [5, 5.41) is 23.8. The molecular weight excluding hydrogens is 336 g/mol. The summed E-state index contributed by atoms with van der Waals surface area (Å²) in [5.41, 5.74) is -1.26. The Hall–Kier alpha value is -1.71. The molecule has 0 saturated carbocycles. The molecule has 24 heavy (non-hydrogen) atoms. The molecule has 1 unspecified atom stereocenters. The number of nitrogens with one attached hydrogen (secondary N) is 1. The van der Waals surface area contributed by atoms with Crippen LogP contribution >= 0.6 is 0 Å². The van der Waals surface area contributed by atoms with Crippen molar-refractivity contribution in [2.24, 2.45) is 0 Å². The molecule has 1 aromatic carbocycles. The largest absolute Gasteiger partial charge is 0.386 e. The van der Waals surface area contributed by atoms with E-state index < -0.39 is 25.6 Å². The Morgan fingerprint density at radius 3 is 2.71 bits per heavy atom. The number of benzene rings is 1. The summed E-state index contributed by atoms with van der Waals surface area (Å²) in [4.78, 5) is 10.6. The first-order valence-corrected chi connectivity index (χ1v) is 9.27. The zero-order chi connectivity index (χ0) is 18.0. The predicted octanol–water partition coefficient (Wildman–Crippen LogP) is 1.73. The van der Waals surface area contributed by atoms with Crippen LogP contribution in [0.1, 0.15) is 26.7 Å². The van der Waals surface area contributed by atoms with Crippen LogP contribution < -0.4 is 5.32 Å². The van der Waals surface area contributed by atoms with Crippen molar-refractivity contribution in [3.05, 3.63) is 28.3 Å². The molecule has 0 amide bonds. The van der Waals surface area contributed by atoms with Crippen molar-refractivity contribution in [3.8, 4) is 0 Å². The van der Waals surface area contributed by atoms with Crippen LogP contribution in [0.5, 0.6) is 0 Å². The Morgan fingerprint density at radius 2 is 2.17 bits per heavy atom. The van der Waals surface area contributed by atoms with E-state index in [4.69, 9.17) is 4.74 Å². The van der Waals surface area contributed by atoms with Crippen molar-refractivity contribution in [1.82, 2.24) is 0 Å². The second-order valence-corrected chi connectivity index (χ2v) is 8.77. The number of rotatable bonds is 6. The Morgan fingerprint density at radius 1 is 1.46 bits per heavy atom. The van der Waals surface area contributed by atoms with Crippen LogP contribution in [-0.2, 0) is 14.6 Å². The molecule has 2 rings (SSSR count). The van der Waals surface area contributed by atoms with Crippen LogP contribution in [0.2, 0.25) is 0 Å². The number of ether oxygens (including phenoxy) is 1. The third-order valence-electron chi connectivity index (χ3n) is 4.02. The Bertz CT molecular complexity index is 711. The summed E-state index contributed by atoms with van der Waals surface area (Å²) in [5.74, 6) is 0. The molecule has 8 nitrogen and oxygen atoms in total. The van der Waals surface area contributed by atoms with Gasteiger partial charge >= 0.3 is 0 Å². The standard InChI is InChI=1S/C15H22N2O6S/c1-11(2)24(21,22)12-4-5-13(14(8-12)17(19)20)16-9-15(18)6-3-7-23-10-15/h4-5,8,11,16,18H,3,6-7,9-10H2,1-2H3. The molecule has 1 saturated heterocycles. The molecule has 0 radical (unpaired) electrons. The van der Waals surface area contributed by atoms with Crippen molar-refractivity contribution in [3.63, 3.8) is 0 Å². The molecule has 9 heteroatoms. The Balaban J connectivity index is 2.26. The number of hydrogen-bond acceptors (Lipinski definition) is 7. The second kappa shape index (κ2) is 7.04. The lowest BCUT2D eigenvalue weighted by Crippen LogP contribution is -2.44. The molecule has 0 aliphatic carbocycles. The summed E-state index contributed by atoms with van der Waals surface area (Å²) in [6.07, 6.45) is 1.25. The SMILES string of the molecule is CC(C)S(=O)(=O)c1ccc(NCC2(O)CCCOC2)c([N+](=O)[O-])c1. The number of hydrogen-bond donors (Lipinski definition) is 2. The minimum Gasteiger partial charge on any atom is -0.386 e. The van der Waals surface area contributed by atoms with Gasteiger partial charge in [-0.3, -0.25) is 10.1 Å². The number of nitrogens with zero attached hydrogens (tertiary/aromatic N) is 1. The van der Waals surface area contributed by atoms with Gasteiger partial charge in [-0.1, -0.05) is 0 Å². The minimum atomic E-state index is -3.60. The molecule has 1 aromatic rings. The fraction of sp³-hybridized carbons (Fsp3) is 0.600. The van der Waals surface area contributed by atoms with Crippen LogP contribution in [0.3, 0.4) is 0 Å². The van der Waals surface area contributed by atoms with E-state index in [0.29, 0.717) is 19.4 Å². The van der Waals surface area contributed by atoms with Gasteiger partial charge in [0.05, 0.1) is 21.7 Å². The van der Waals surface area contributed by atoms with E-state index >= 15 is 0 Å². The normalized spacial score (nSPS) is 21.7. The van der Waals surface area contributed by atoms with Crippen LogP contribution in [-0.4, -0.2) is 49.1 Å². The zero-order valence-corrected chi connectivity index (χ0v) is 14.5. The first-order valence-electron chi connectivity index (χ1n) is 7.72. The average Bonchev–Trinajstić information content (AvgIpc) is 2.53. The molecular formula is C15H22N2O6S. The Labute approximate surface area is 140 Å². The number of nitro benzene ring substituents is 1. The van der Waals surface area contributed by atoms with Gasteiger partial charge in [0.2, 0.25) is 0 Å². The van der Waals surface area contributed by atoms with Crippen molar-refractivity contribution in [2.75, 3.05) is 25.1 Å². The summed E-state index contributed by atoms with van der Waals surface area (Å²) >= 11 is 0. The lowest BCUT2D eigenvalue weighted by molar-refractivity contribution is -0.384. The fourth-order valence-corrected chi connectivity index (χ4v) is 3.58. The smallest absolute Gasteiger partial charge is 0.293 e. The highest BCUT2D eigenvalue weighted by Gasteiger charge is 2.31. The van der Waals surface area contributed by atoms with Gasteiger partial charge in [0.15, 0.2) is 9.84 Å². The third kappa shape index (κ3) is 4.03. The van der Waals surface area contributed by atoms with Crippen molar-refractivity contribution < 1.29 is 23.2 Å². The molecule has 1 heterocycles. The maximum absolute atomic E-state index is 12.2. The highest BCUT2D eigenvalue weighted by molar-refractivity contribution is 7.92. The third-order valence-corrected chi connectivity index (χ3v) is 6.18. The molecule has 0 bridgehead atoms. The summed E-state index contributed by atoms with van der Waals surface area (Å²) in [6, 6.07) is 3.76. The van der Waals surface area contributed by atoms with Gasteiger partial charge in [0.1, 0.15) is 11.3 Å². The van der Waals surface area contributed by atoms with Gasteiger partial charge in [0.25, 0.3) is 5.69 Å². The molecule has 0 spiro atoms. The van der Waals surface area contributed by atoms with E-state index in [2.05, 4.69) is 5.32 Å². The molecule has 1 aliphatic rings. The van der Waals surface area contributed by atoms with Gasteiger partial charge in [-0.05, 0) is 38.8 Å². The molecule has 1 aliphatic heterocycles. The maximum Gasteiger partial charge on any atom is 0.293 e. The highest BCUT2D eigenvalue weighted by Crippen LogP contribution is 2.30. The molecule has 1 atom stereocenters. The second-order valence-electron chi connectivity index (χ2n) is 6.26. The van der Waals surface area contributed by atoms with Crippen LogP contribution in [0, 0.1) is 10.1 Å². The summed E-state index contributed by atoms with van der Waals surface area (Å²) in [6.45, 7) is 3.87. The number of nitro groups is 1. The van der Waals surface area contributed by atoms with E-state index in [0.717, 1.165) is 6.07 Å². The minimum absolute atomic E-state index is 0.0874. The average molecular weight is 358 g/mol. The molecule has 2 N–H and O–H groups in total. The van der Waals surface area contributed by atoms with Gasteiger partial charge in [0, 0.05) is 19.2 Å². The highest BCUT2D eigenvalue weighted by atomic mass is 32.2. The zero-order valence-electron chi connectivity index (χ0n) is 13.7. The number of aliphatic hydroxyl groups is 1. The van der Waals surface area contributed by atoms with Crippen molar-refractivity contribution >= 4 is 21.2 Å². The van der Waals surface area contributed by atoms with Crippen LogP contribution in [0.4, 0.5) is 11.4 Å². The number of anilines is 1. The number of sulfone groups is 1. The van der Waals surface area contributed by atoms with Crippen LogP contribution in [0.15, 0.2) is 23.1 Å². The van der Waals surface area contributed by atoms with Gasteiger partial charge in [-0.15, -0.1) is 0 Å². The lowest BCUT2D eigenvalue weighted by atomic mass is 9.96. The van der Waals surface area contributed by atoms with E-state index in [-0.39, 0.29) is 29.4 Å². The fourth-order valence-electron chi connectivity index (χ4n) is 2.50. The maximum atomic E-state index is 12.2. The summed E-state index contributed by atoms with van der Waals surface area (Å²) < 4.78 is 29.6. The Kier molecular flexibility index (Phi) is 5.46. The first-order chi connectivity index (χ1) is 11.2. The predicted molar refractivity (Wildman–Crippen MR) is 88.9 cm³/mol. The monoisotopic (exact) mass is 358 g/mol. The lowest BCUT2D eigenvalue weighted by Gasteiger charge is -2.32. The molecule has 134 valence electrons. The van der Waals surface area contributed by atoms with E-state index in [1.165, 1.54) is 26.0 Å².